The van der Waals surface area contributed by atoms with Gasteiger partial charge in [0, 0.05) is 6.54 Å². The minimum absolute atomic E-state index is 0.427. The molecule has 76 valence electrons. The number of Topliss-reactive ketones (excluding diaryl/α,β-unsaturated/α-hetero) is 1. The van der Waals surface area contributed by atoms with E-state index in [-0.39, 0.29) is 0 Å². The van der Waals surface area contributed by atoms with Gasteiger partial charge in [0.1, 0.15) is 0 Å². The summed E-state index contributed by atoms with van der Waals surface area (Å²) in [6, 6.07) is 0. The van der Waals surface area contributed by atoms with Gasteiger partial charge in [-0.3, -0.25) is 9.59 Å². The third-order valence-corrected chi connectivity index (χ3v) is 1.93. The Morgan fingerprint density at radius 2 is 1.85 bits per heavy atom. The molecule has 4 nitrogen and oxygen atoms in total. The summed E-state index contributed by atoms with van der Waals surface area (Å²) < 4.78 is 0. The van der Waals surface area contributed by atoms with Gasteiger partial charge in [-0.25, -0.2) is 0 Å². The molecule has 0 unspecified atom stereocenters. The van der Waals surface area contributed by atoms with Crippen LogP contribution in [0, 0.1) is 0 Å². The molecule has 0 aromatic carbocycles. The van der Waals surface area contributed by atoms with E-state index in [9.17, 15) is 9.59 Å². The Morgan fingerprint density at radius 3 is 2.23 bits per heavy atom. The average Bonchev–Trinajstić information content (AvgIpc) is 2.12. The number of likely N-dealkylation sites (N-methyl/N-ethyl adjacent to an activating group) is 1. The van der Waals surface area contributed by atoms with Crippen molar-refractivity contribution in [1.82, 2.24) is 10.6 Å². The van der Waals surface area contributed by atoms with Crippen LogP contribution in [0.5, 0.6) is 0 Å². The van der Waals surface area contributed by atoms with Crippen molar-refractivity contribution >= 4 is 11.7 Å². The highest BCUT2D eigenvalue weighted by Gasteiger charge is 2.30. The number of hydrogen-bond donors (Lipinski definition) is 2. The van der Waals surface area contributed by atoms with E-state index in [2.05, 4.69) is 10.6 Å². The highest BCUT2D eigenvalue weighted by molar-refractivity contribution is 6.39. The number of rotatable bonds is 5. The molecule has 0 spiro atoms. The smallest absolute Gasteiger partial charge is 0.289 e. The van der Waals surface area contributed by atoms with E-state index in [0.29, 0.717) is 6.54 Å². The molecule has 0 fully saturated rings. The van der Waals surface area contributed by atoms with E-state index >= 15 is 0 Å². The van der Waals surface area contributed by atoms with Gasteiger partial charge < -0.3 is 10.6 Å². The Labute approximate surface area is 79.1 Å². The maximum absolute atomic E-state index is 11.4. The minimum atomic E-state index is -0.780. The van der Waals surface area contributed by atoms with Gasteiger partial charge in [-0.05, 0) is 27.3 Å². The summed E-state index contributed by atoms with van der Waals surface area (Å²) in [6.07, 6.45) is 0.832. The maximum atomic E-state index is 11.4. The second-order valence-corrected chi connectivity index (χ2v) is 3.46. The van der Waals surface area contributed by atoms with Gasteiger partial charge in [-0.1, -0.05) is 6.92 Å². The van der Waals surface area contributed by atoms with Crippen LogP contribution in [-0.4, -0.2) is 30.8 Å². The van der Waals surface area contributed by atoms with E-state index in [1.165, 1.54) is 0 Å². The van der Waals surface area contributed by atoms with Crippen molar-refractivity contribution in [3.63, 3.8) is 0 Å². The molecule has 0 saturated heterocycles. The molecule has 4 heteroatoms. The topological polar surface area (TPSA) is 58.2 Å². The van der Waals surface area contributed by atoms with Crippen LogP contribution in [-0.2, 0) is 9.59 Å². The highest BCUT2D eigenvalue weighted by Crippen LogP contribution is 2.02. The molecule has 0 aliphatic carbocycles. The molecule has 2 N–H and O–H groups in total. The largest absolute Gasteiger partial charge is 0.349 e. The molecule has 0 bridgehead atoms. The molecule has 0 rings (SSSR count). The number of nitrogens with one attached hydrogen (secondary N) is 2. The van der Waals surface area contributed by atoms with Gasteiger partial charge >= 0.3 is 0 Å². The lowest BCUT2D eigenvalue weighted by Gasteiger charge is -2.21. The first-order chi connectivity index (χ1) is 5.95. The van der Waals surface area contributed by atoms with Crippen LogP contribution in [0.15, 0.2) is 0 Å². The summed E-state index contributed by atoms with van der Waals surface area (Å²) in [4.78, 5) is 22.6. The summed E-state index contributed by atoms with van der Waals surface area (Å²) in [5.41, 5.74) is -0.780. The molecule has 1 amide bonds. The van der Waals surface area contributed by atoms with Crippen molar-refractivity contribution in [1.29, 1.82) is 0 Å². The van der Waals surface area contributed by atoms with Crippen molar-refractivity contribution in [3.05, 3.63) is 0 Å². The third kappa shape index (κ3) is 3.55. The van der Waals surface area contributed by atoms with E-state index in [4.69, 9.17) is 0 Å². The summed E-state index contributed by atoms with van der Waals surface area (Å²) in [5.74, 6) is -0.940. The van der Waals surface area contributed by atoms with Crippen LogP contribution >= 0.6 is 0 Å². The molecule has 0 radical (unpaired) electrons. The summed E-state index contributed by atoms with van der Waals surface area (Å²) in [6.45, 7) is 5.85. The average molecular weight is 186 g/mol. The molecular formula is C9H18N2O2. The Balaban J connectivity index is 4.18. The minimum Gasteiger partial charge on any atom is -0.349 e. The van der Waals surface area contributed by atoms with Gasteiger partial charge in [0.05, 0.1) is 5.54 Å². The van der Waals surface area contributed by atoms with Crippen molar-refractivity contribution in [3.8, 4) is 0 Å². The van der Waals surface area contributed by atoms with Gasteiger partial charge in [0.25, 0.3) is 5.91 Å². The van der Waals surface area contributed by atoms with Crippen molar-refractivity contribution in [2.45, 2.75) is 32.7 Å². The van der Waals surface area contributed by atoms with E-state index in [1.54, 1.807) is 20.9 Å². The Bertz CT molecular complexity index is 200. The lowest BCUT2D eigenvalue weighted by Crippen LogP contribution is -2.51. The van der Waals surface area contributed by atoms with E-state index < -0.39 is 17.2 Å². The van der Waals surface area contributed by atoms with Crippen molar-refractivity contribution < 1.29 is 9.59 Å². The van der Waals surface area contributed by atoms with Gasteiger partial charge in [0.2, 0.25) is 5.78 Å². The van der Waals surface area contributed by atoms with Gasteiger partial charge in [-0.2, -0.15) is 0 Å². The summed E-state index contributed by atoms with van der Waals surface area (Å²) in [7, 11) is 1.66. The number of carbonyl (C=O) groups excluding carboxylic acids is 2. The van der Waals surface area contributed by atoms with E-state index in [0.717, 1.165) is 6.42 Å². The first-order valence-electron chi connectivity index (χ1n) is 4.47. The first-order valence-corrected chi connectivity index (χ1v) is 4.47. The second kappa shape index (κ2) is 4.97. The number of amides is 1. The van der Waals surface area contributed by atoms with Crippen molar-refractivity contribution in [2.75, 3.05) is 13.6 Å². The SMILES string of the molecule is CCCNC(=O)C(=O)C(C)(C)NC. The monoisotopic (exact) mass is 186 g/mol. The number of hydrogen-bond acceptors (Lipinski definition) is 3. The molecule has 0 heterocycles. The molecule has 0 aliphatic rings. The van der Waals surface area contributed by atoms with Crippen LogP contribution in [0.2, 0.25) is 0 Å². The Kier molecular flexibility index (Phi) is 4.62. The van der Waals surface area contributed by atoms with Crippen LogP contribution in [0.1, 0.15) is 27.2 Å². The van der Waals surface area contributed by atoms with Crippen LogP contribution in [0.3, 0.4) is 0 Å². The van der Waals surface area contributed by atoms with Gasteiger partial charge in [-0.15, -0.1) is 0 Å². The zero-order valence-electron chi connectivity index (χ0n) is 8.73. The van der Waals surface area contributed by atoms with Gasteiger partial charge in [0.15, 0.2) is 0 Å². The number of ketones is 1. The normalized spacial score (nSPS) is 11.1. The predicted molar refractivity (Wildman–Crippen MR) is 51.4 cm³/mol. The fourth-order valence-electron chi connectivity index (χ4n) is 0.716. The zero-order chi connectivity index (χ0) is 10.5. The maximum Gasteiger partial charge on any atom is 0.289 e. The molecule has 0 aromatic heterocycles. The standard InChI is InChI=1S/C9H18N2O2/c1-5-6-11-8(13)7(12)9(2,3)10-4/h10H,5-6H2,1-4H3,(H,11,13). The third-order valence-electron chi connectivity index (χ3n) is 1.93. The fourth-order valence-corrected chi connectivity index (χ4v) is 0.716. The predicted octanol–water partition coefficient (Wildman–Crippen LogP) is 0.0797. The van der Waals surface area contributed by atoms with Crippen LogP contribution in [0.25, 0.3) is 0 Å². The lowest BCUT2D eigenvalue weighted by molar-refractivity contribution is -0.140. The summed E-state index contributed by atoms with van der Waals surface area (Å²) >= 11 is 0. The Morgan fingerprint density at radius 1 is 1.31 bits per heavy atom. The quantitative estimate of drug-likeness (QED) is 0.598. The van der Waals surface area contributed by atoms with Crippen LogP contribution in [0.4, 0.5) is 0 Å². The zero-order valence-corrected chi connectivity index (χ0v) is 8.73. The highest BCUT2D eigenvalue weighted by atomic mass is 16.2. The molecule has 0 aromatic rings. The Hall–Kier alpha value is -0.900. The molecule has 0 atom stereocenters. The second-order valence-electron chi connectivity index (χ2n) is 3.46. The van der Waals surface area contributed by atoms with Crippen molar-refractivity contribution in [2.24, 2.45) is 0 Å². The molecule has 13 heavy (non-hydrogen) atoms. The van der Waals surface area contributed by atoms with Crippen LogP contribution < -0.4 is 10.6 Å². The number of carbonyl (C=O) groups is 2. The lowest BCUT2D eigenvalue weighted by atomic mass is 9.99. The summed E-state index contributed by atoms with van der Waals surface area (Å²) in [5, 5.41) is 5.33. The molecule has 0 aliphatic heterocycles. The fraction of sp³-hybridized carbons (Fsp3) is 0.778. The molecular weight excluding hydrogens is 168 g/mol. The van der Waals surface area contributed by atoms with E-state index in [1.807, 2.05) is 6.92 Å². The first kappa shape index (κ1) is 12.1. The molecule has 0 saturated carbocycles.